The minimum absolute atomic E-state index is 0. The molecule has 4 heteroatoms. The maximum atomic E-state index is 14.0. The SMILES string of the molecule is CC(=O)/C=C(/C)O.O=C1C(c2ccccc2)=C(c2ccccc2)C(c2ccccc2)=C1c1ccccc1.[Rh]. The number of benzene rings is 4. The predicted molar refractivity (Wildman–Crippen MR) is 151 cm³/mol. The van der Waals surface area contributed by atoms with Crippen molar-refractivity contribution in [3.8, 4) is 0 Å². The summed E-state index contributed by atoms with van der Waals surface area (Å²) in [4.78, 5) is 24.0. The Bertz CT molecular complexity index is 1380. The van der Waals surface area contributed by atoms with Crippen molar-refractivity contribution in [2.75, 3.05) is 0 Å². The van der Waals surface area contributed by atoms with Crippen LogP contribution in [0.25, 0.3) is 22.3 Å². The monoisotopic (exact) mass is 587 g/mol. The summed E-state index contributed by atoms with van der Waals surface area (Å²) in [5, 5.41) is 8.36. The first-order valence-corrected chi connectivity index (χ1v) is 12.1. The van der Waals surface area contributed by atoms with E-state index in [9.17, 15) is 9.59 Å². The van der Waals surface area contributed by atoms with Crippen LogP contribution in [0.5, 0.6) is 0 Å². The van der Waals surface area contributed by atoms with Gasteiger partial charge in [-0.2, -0.15) is 0 Å². The Balaban J connectivity index is 0.000000444. The Morgan fingerprint density at radius 3 is 1.00 bits per heavy atom. The van der Waals surface area contributed by atoms with Crippen LogP contribution in [0, 0.1) is 0 Å². The van der Waals surface area contributed by atoms with E-state index in [1.807, 2.05) is 97.1 Å². The minimum atomic E-state index is -0.125. The van der Waals surface area contributed by atoms with Crippen LogP contribution in [-0.2, 0) is 29.1 Å². The summed E-state index contributed by atoms with van der Waals surface area (Å²) < 4.78 is 0. The first-order valence-electron chi connectivity index (χ1n) is 12.1. The fourth-order valence-corrected chi connectivity index (χ4v) is 4.44. The molecule has 191 valence electrons. The Morgan fingerprint density at radius 2 is 0.789 bits per heavy atom. The van der Waals surface area contributed by atoms with Crippen molar-refractivity contribution in [2.24, 2.45) is 0 Å². The topological polar surface area (TPSA) is 54.4 Å². The average Bonchev–Trinajstić information content (AvgIpc) is 3.23. The summed E-state index contributed by atoms with van der Waals surface area (Å²) in [7, 11) is 0. The van der Waals surface area contributed by atoms with Gasteiger partial charge >= 0.3 is 0 Å². The summed E-state index contributed by atoms with van der Waals surface area (Å²) in [5.41, 5.74) is 7.51. The van der Waals surface area contributed by atoms with Crippen LogP contribution >= 0.6 is 0 Å². The minimum Gasteiger partial charge on any atom is -0.512 e. The molecule has 0 saturated carbocycles. The van der Waals surface area contributed by atoms with E-state index in [0.717, 1.165) is 44.5 Å². The standard InChI is InChI=1S/C29H20O.C5H8O2.Rh/c30-29-27(23-17-9-3-10-18-23)25(21-13-5-1-6-14-21)26(22-15-7-2-8-16-22)28(29)24-19-11-4-12-20-24;1-4(6)3-5(2)7;/h1-20H;3,6H,1-2H3;/b;4-3-;. The van der Waals surface area contributed by atoms with E-state index in [2.05, 4.69) is 24.3 Å². The third-order valence-electron chi connectivity index (χ3n) is 5.87. The summed E-state index contributed by atoms with van der Waals surface area (Å²) >= 11 is 0. The molecule has 0 aromatic heterocycles. The molecule has 0 spiro atoms. The first-order chi connectivity index (χ1) is 18.0. The number of Topliss-reactive ketones (excluding diaryl/α,β-unsaturated/α-hetero) is 1. The quantitative estimate of drug-likeness (QED) is 0.147. The molecule has 0 aliphatic heterocycles. The van der Waals surface area contributed by atoms with Crippen molar-refractivity contribution in [3.05, 3.63) is 155 Å². The number of rotatable bonds is 5. The van der Waals surface area contributed by atoms with Gasteiger partial charge in [0.05, 0.1) is 5.76 Å². The van der Waals surface area contributed by atoms with Crippen molar-refractivity contribution in [2.45, 2.75) is 13.8 Å². The number of carbonyl (C=O) groups excluding carboxylic acids is 2. The molecule has 0 bridgehead atoms. The van der Waals surface area contributed by atoms with Gasteiger partial charge in [-0.15, -0.1) is 0 Å². The first kappa shape index (κ1) is 28.4. The van der Waals surface area contributed by atoms with Gasteiger partial charge in [-0.1, -0.05) is 121 Å². The second-order valence-electron chi connectivity index (χ2n) is 8.69. The largest absolute Gasteiger partial charge is 0.512 e. The van der Waals surface area contributed by atoms with Crippen LogP contribution in [-0.4, -0.2) is 16.7 Å². The fraction of sp³-hybridized carbons (Fsp3) is 0.0588. The molecule has 5 rings (SSSR count). The second kappa shape index (κ2) is 13.4. The maximum Gasteiger partial charge on any atom is 0.195 e. The van der Waals surface area contributed by atoms with E-state index < -0.39 is 0 Å². The molecule has 0 fully saturated rings. The molecule has 3 nitrogen and oxygen atoms in total. The molecule has 1 radical (unpaired) electrons. The molecule has 0 unspecified atom stereocenters. The van der Waals surface area contributed by atoms with Gasteiger partial charge < -0.3 is 5.11 Å². The van der Waals surface area contributed by atoms with Gasteiger partial charge in [0.15, 0.2) is 11.6 Å². The van der Waals surface area contributed by atoms with Gasteiger partial charge in [0.25, 0.3) is 0 Å². The second-order valence-corrected chi connectivity index (χ2v) is 8.69. The van der Waals surface area contributed by atoms with Gasteiger partial charge in [-0.25, -0.2) is 0 Å². The Hall–Kier alpha value is -4.14. The number of ketones is 2. The summed E-state index contributed by atoms with van der Waals surface area (Å²) in [6.07, 6.45) is 1.17. The fourth-order valence-electron chi connectivity index (χ4n) is 4.44. The van der Waals surface area contributed by atoms with Crippen LogP contribution in [0.2, 0.25) is 0 Å². The van der Waals surface area contributed by atoms with Gasteiger partial charge in [0, 0.05) is 47.8 Å². The van der Waals surface area contributed by atoms with E-state index in [1.165, 1.54) is 19.9 Å². The van der Waals surface area contributed by atoms with Gasteiger partial charge in [0.2, 0.25) is 0 Å². The molecular formula is C34H28O3Rh. The van der Waals surface area contributed by atoms with Crippen LogP contribution in [0.4, 0.5) is 0 Å². The molecule has 38 heavy (non-hydrogen) atoms. The molecule has 4 aromatic rings. The zero-order valence-electron chi connectivity index (χ0n) is 21.2. The van der Waals surface area contributed by atoms with E-state index in [0.29, 0.717) is 0 Å². The van der Waals surface area contributed by atoms with Crippen LogP contribution in [0.3, 0.4) is 0 Å². The summed E-state index contributed by atoms with van der Waals surface area (Å²) in [5.74, 6) is 0.0117. The number of carbonyl (C=O) groups is 2. The van der Waals surface area contributed by atoms with Crippen LogP contribution in [0.15, 0.2) is 133 Å². The number of allylic oxidation sites excluding steroid dienone is 6. The zero-order valence-corrected chi connectivity index (χ0v) is 22.9. The molecule has 0 atom stereocenters. The van der Waals surface area contributed by atoms with E-state index in [-0.39, 0.29) is 36.8 Å². The van der Waals surface area contributed by atoms with Crippen molar-refractivity contribution in [1.29, 1.82) is 0 Å². The van der Waals surface area contributed by atoms with Crippen LogP contribution < -0.4 is 0 Å². The normalized spacial score (nSPS) is 13.0. The summed E-state index contributed by atoms with van der Waals surface area (Å²) in [6, 6.07) is 40.5. The smallest absolute Gasteiger partial charge is 0.195 e. The molecule has 1 aliphatic carbocycles. The third-order valence-corrected chi connectivity index (χ3v) is 5.87. The van der Waals surface area contributed by atoms with Gasteiger partial charge in [-0.05, 0) is 36.1 Å². The molecule has 4 aromatic carbocycles. The van der Waals surface area contributed by atoms with Gasteiger partial charge in [-0.3, -0.25) is 9.59 Å². The van der Waals surface area contributed by atoms with Crippen molar-refractivity contribution in [3.63, 3.8) is 0 Å². The molecule has 1 N–H and O–H groups in total. The van der Waals surface area contributed by atoms with E-state index in [4.69, 9.17) is 5.11 Å². The number of hydrogen-bond donors (Lipinski definition) is 1. The number of hydrogen-bond acceptors (Lipinski definition) is 3. The third kappa shape index (κ3) is 6.59. The summed E-state index contributed by atoms with van der Waals surface area (Å²) in [6.45, 7) is 2.85. The molecule has 0 heterocycles. The number of aliphatic hydroxyl groups is 1. The maximum absolute atomic E-state index is 14.0. The number of aliphatic hydroxyl groups excluding tert-OH is 1. The van der Waals surface area contributed by atoms with E-state index in [1.54, 1.807) is 0 Å². The van der Waals surface area contributed by atoms with Gasteiger partial charge in [0.1, 0.15) is 0 Å². The van der Waals surface area contributed by atoms with Crippen molar-refractivity contribution < 1.29 is 34.2 Å². The van der Waals surface area contributed by atoms with Crippen LogP contribution in [0.1, 0.15) is 36.1 Å². The Kier molecular flexibility index (Phi) is 10.0. The van der Waals surface area contributed by atoms with Crippen molar-refractivity contribution >= 4 is 33.9 Å². The van der Waals surface area contributed by atoms with Crippen molar-refractivity contribution in [1.82, 2.24) is 0 Å². The molecular weight excluding hydrogens is 559 g/mol. The molecule has 1 aliphatic rings. The average molecular weight is 588 g/mol. The Labute approximate surface area is 236 Å². The Morgan fingerprint density at radius 1 is 0.526 bits per heavy atom. The zero-order chi connectivity index (χ0) is 26.2. The predicted octanol–water partition coefficient (Wildman–Crippen LogP) is 7.83. The van der Waals surface area contributed by atoms with E-state index >= 15 is 0 Å². The molecule has 0 amide bonds. The molecule has 0 saturated heterocycles.